The molecule has 2 aromatic rings. The number of nitrogens with one attached hydrogen (secondary N) is 2. The van der Waals surface area contributed by atoms with Crippen molar-refractivity contribution in [1.82, 2.24) is 15.2 Å². The zero-order valence-electron chi connectivity index (χ0n) is 9.73. The first-order valence-electron chi connectivity index (χ1n) is 5.14. The molecule has 0 radical (unpaired) electrons. The Bertz CT molecular complexity index is 701. The van der Waals surface area contributed by atoms with E-state index >= 15 is 0 Å². The van der Waals surface area contributed by atoms with Gasteiger partial charge in [-0.05, 0) is 12.1 Å². The zero-order valence-corrected chi connectivity index (χ0v) is 11.2. The first kappa shape index (κ1) is 15.5. The van der Waals surface area contributed by atoms with E-state index in [0.29, 0.717) is 0 Å². The molecule has 1 aromatic heterocycles. The lowest BCUT2D eigenvalue weighted by molar-refractivity contribution is -0.144. The second-order valence-electron chi connectivity index (χ2n) is 3.71. The second-order valence-corrected chi connectivity index (χ2v) is 4.52. The summed E-state index contributed by atoms with van der Waals surface area (Å²) in [5.41, 5.74) is -0.322. The van der Waals surface area contributed by atoms with Crippen LogP contribution in [0.3, 0.4) is 0 Å². The molecule has 0 aliphatic rings. The number of benzene rings is 1. The Morgan fingerprint density at radius 2 is 1.90 bits per heavy atom. The van der Waals surface area contributed by atoms with Gasteiger partial charge in [0.25, 0.3) is 5.91 Å². The number of hydrogen-bond donors (Lipinski definition) is 2. The lowest BCUT2D eigenvalue weighted by Gasteiger charge is -2.05. The van der Waals surface area contributed by atoms with E-state index in [9.17, 15) is 22.4 Å². The summed E-state index contributed by atoms with van der Waals surface area (Å²) in [6.45, 7) is 0. The SMILES string of the molecule is O=C(Nc1n[nH]c(C(F)(F)F)n1)c1cc(F)c(Cl)cc1Cl. The monoisotopic (exact) mass is 342 g/mol. The highest BCUT2D eigenvalue weighted by Crippen LogP contribution is 2.27. The number of rotatable bonds is 2. The fourth-order valence-corrected chi connectivity index (χ4v) is 1.78. The predicted octanol–water partition coefficient (Wildman–Crippen LogP) is 3.52. The standard InChI is InChI=1S/C10H4Cl2F4N4O/c11-4-2-5(12)6(13)1-3(4)7(21)17-9-18-8(19-20-9)10(14,15)16/h1-2H,(H2,17,18,19,20,21). The van der Waals surface area contributed by atoms with Crippen LogP contribution in [-0.4, -0.2) is 21.1 Å². The highest BCUT2D eigenvalue weighted by atomic mass is 35.5. The maximum Gasteiger partial charge on any atom is 0.451 e. The zero-order chi connectivity index (χ0) is 15.8. The van der Waals surface area contributed by atoms with Crippen LogP contribution in [0.15, 0.2) is 12.1 Å². The van der Waals surface area contributed by atoms with Crippen molar-refractivity contribution in [3.8, 4) is 0 Å². The van der Waals surface area contributed by atoms with E-state index in [1.54, 1.807) is 5.10 Å². The topological polar surface area (TPSA) is 70.7 Å². The number of H-pyrrole nitrogens is 1. The number of aromatic nitrogens is 3. The Labute approximate surface area is 124 Å². The van der Waals surface area contributed by atoms with E-state index in [1.807, 2.05) is 5.32 Å². The number of carbonyl (C=O) groups is 1. The smallest absolute Gasteiger partial charge is 0.289 e. The molecular weight excluding hydrogens is 339 g/mol. The van der Waals surface area contributed by atoms with Crippen molar-refractivity contribution in [2.45, 2.75) is 6.18 Å². The average Bonchev–Trinajstić information content (AvgIpc) is 2.82. The second kappa shape index (κ2) is 5.49. The van der Waals surface area contributed by atoms with Crippen LogP contribution in [0.2, 0.25) is 10.0 Å². The predicted molar refractivity (Wildman–Crippen MR) is 65.8 cm³/mol. The van der Waals surface area contributed by atoms with Gasteiger partial charge in [0.15, 0.2) is 0 Å². The Morgan fingerprint density at radius 1 is 1.24 bits per heavy atom. The molecule has 0 aliphatic heterocycles. The summed E-state index contributed by atoms with van der Waals surface area (Å²) in [6.07, 6.45) is -4.74. The third-order valence-corrected chi connectivity index (χ3v) is 2.84. The normalized spacial score (nSPS) is 11.5. The fraction of sp³-hybridized carbons (Fsp3) is 0.100. The van der Waals surface area contributed by atoms with Gasteiger partial charge in [0, 0.05) is 0 Å². The van der Waals surface area contributed by atoms with Gasteiger partial charge in [0.1, 0.15) is 5.82 Å². The van der Waals surface area contributed by atoms with Crippen LogP contribution in [0.25, 0.3) is 0 Å². The Kier molecular flexibility index (Phi) is 4.06. The molecular formula is C10H4Cl2F4N4O. The number of aromatic amines is 1. The van der Waals surface area contributed by atoms with E-state index in [2.05, 4.69) is 10.1 Å². The van der Waals surface area contributed by atoms with Crippen molar-refractivity contribution in [3.63, 3.8) is 0 Å². The number of amides is 1. The largest absolute Gasteiger partial charge is 0.451 e. The van der Waals surface area contributed by atoms with Gasteiger partial charge < -0.3 is 0 Å². The molecule has 2 rings (SSSR count). The highest BCUT2D eigenvalue weighted by molar-refractivity contribution is 6.37. The molecule has 2 N–H and O–H groups in total. The molecule has 1 heterocycles. The van der Waals surface area contributed by atoms with Crippen molar-refractivity contribution in [3.05, 3.63) is 39.4 Å². The molecule has 1 amide bonds. The van der Waals surface area contributed by atoms with Crippen molar-refractivity contribution in [1.29, 1.82) is 0 Å². The third-order valence-electron chi connectivity index (χ3n) is 2.23. The van der Waals surface area contributed by atoms with E-state index in [-0.39, 0.29) is 15.6 Å². The summed E-state index contributed by atoms with van der Waals surface area (Å²) in [7, 11) is 0. The van der Waals surface area contributed by atoms with E-state index in [4.69, 9.17) is 23.2 Å². The van der Waals surface area contributed by atoms with Crippen LogP contribution >= 0.6 is 23.2 Å². The van der Waals surface area contributed by atoms with Crippen LogP contribution in [0.4, 0.5) is 23.5 Å². The maximum atomic E-state index is 13.3. The summed E-state index contributed by atoms with van der Waals surface area (Å²) in [5, 5.41) is 6.25. The van der Waals surface area contributed by atoms with E-state index in [0.717, 1.165) is 12.1 Å². The van der Waals surface area contributed by atoms with Crippen molar-refractivity contribution >= 4 is 35.1 Å². The lowest BCUT2D eigenvalue weighted by Crippen LogP contribution is -2.14. The van der Waals surface area contributed by atoms with Crippen molar-refractivity contribution in [2.75, 3.05) is 5.32 Å². The van der Waals surface area contributed by atoms with Gasteiger partial charge >= 0.3 is 6.18 Å². The highest BCUT2D eigenvalue weighted by Gasteiger charge is 2.35. The molecule has 1 aromatic carbocycles. The third kappa shape index (κ3) is 3.42. The minimum Gasteiger partial charge on any atom is -0.289 e. The minimum absolute atomic E-state index is 0.175. The van der Waals surface area contributed by atoms with Crippen LogP contribution in [-0.2, 0) is 6.18 Å². The minimum atomic E-state index is -4.74. The van der Waals surface area contributed by atoms with Gasteiger partial charge in [-0.1, -0.05) is 23.2 Å². The summed E-state index contributed by atoms with van der Waals surface area (Å²) in [4.78, 5) is 14.8. The molecule has 0 spiro atoms. The van der Waals surface area contributed by atoms with Gasteiger partial charge in [-0.3, -0.25) is 15.2 Å². The van der Waals surface area contributed by atoms with Crippen LogP contribution in [0.1, 0.15) is 16.2 Å². The molecule has 0 saturated carbocycles. The quantitative estimate of drug-likeness (QED) is 0.647. The molecule has 5 nitrogen and oxygen atoms in total. The van der Waals surface area contributed by atoms with Gasteiger partial charge in [0.05, 0.1) is 15.6 Å². The van der Waals surface area contributed by atoms with Crippen LogP contribution < -0.4 is 5.32 Å². The molecule has 11 heteroatoms. The molecule has 0 saturated heterocycles. The first-order chi connectivity index (χ1) is 9.68. The maximum absolute atomic E-state index is 13.3. The molecule has 21 heavy (non-hydrogen) atoms. The number of alkyl halides is 3. The van der Waals surface area contributed by atoms with Gasteiger partial charge in [-0.2, -0.15) is 18.2 Å². The molecule has 0 unspecified atom stereocenters. The number of nitrogens with zero attached hydrogens (tertiary/aromatic N) is 2. The van der Waals surface area contributed by atoms with E-state index in [1.165, 1.54) is 0 Å². The molecule has 0 fully saturated rings. The Balaban J connectivity index is 2.22. The Hall–Kier alpha value is -1.87. The van der Waals surface area contributed by atoms with Crippen molar-refractivity contribution < 1.29 is 22.4 Å². The number of anilines is 1. The molecule has 0 aliphatic carbocycles. The molecule has 0 bridgehead atoms. The van der Waals surface area contributed by atoms with Gasteiger partial charge in [0.2, 0.25) is 11.8 Å². The fourth-order valence-electron chi connectivity index (χ4n) is 1.31. The molecule has 112 valence electrons. The van der Waals surface area contributed by atoms with Crippen LogP contribution in [0.5, 0.6) is 0 Å². The Morgan fingerprint density at radius 3 is 2.48 bits per heavy atom. The van der Waals surface area contributed by atoms with Gasteiger partial charge in [-0.15, -0.1) is 5.10 Å². The summed E-state index contributed by atoms with van der Waals surface area (Å²) < 4.78 is 50.1. The summed E-state index contributed by atoms with van der Waals surface area (Å²) in [6, 6.07) is 1.74. The summed E-state index contributed by atoms with van der Waals surface area (Å²) in [5.74, 6) is -3.90. The van der Waals surface area contributed by atoms with Crippen molar-refractivity contribution in [2.24, 2.45) is 0 Å². The lowest BCUT2D eigenvalue weighted by atomic mass is 10.2. The first-order valence-corrected chi connectivity index (χ1v) is 5.89. The van der Waals surface area contributed by atoms with E-state index < -0.39 is 29.7 Å². The number of hydrogen-bond acceptors (Lipinski definition) is 3. The number of halogens is 6. The molecule has 0 atom stereocenters. The average molecular weight is 343 g/mol. The summed E-state index contributed by atoms with van der Waals surface area (Å²) >= 11 is 11.2. The number of carbonyl (C=O) groups excluding carboxylic acids is 1. The van der Waals surface area contributed by atoms with Gasteiger partial charge in [-0.25, -0.2) is 4.39 Å². The van der Waals surface area contributed by atoms with Crippen LogP contribution in [0, 0.1) is 5.82 Å².